The Bertz CT molecular complexity index is 1020. The second-order valence-corrected chi connectivity index (χ2v) is 7.72. The zero-order valence-corrected chi connectivity index (χ0v) is 18.0. The van der Waals surface area contributed by atoms with E-state index in [0.717, 1.165) is 41.7 Å². The predicted molar refractivity (Wildman–Crippen MR) is 119 cm³/mol. The zero-order valence-electron chi connectivity index (χ0n) is 16.5. The molecule has 3 rings (SSSR count). The van der Waals surface area contributed by atoms with Crippen LogP contribution in [-0.4, -0.2) is 18.2 Å². The Morgan fingerprint density at radius 2 is 1.73 bits per heavy atom. The molecule has 0 aliphatic heterocycles. The van der Waals surface area contributed by atoms with E-state index in [0.29, 0.717) is 22.4 Å². The average Bonchev–Trinajstić information content (AvgIpc) is 2.73. The van der Waals surface area contributed by atoms with Gasteiger partial charge in [0, 0.05) is 5.02 Å². The van der Waals surface area contributed by atoms with Gasteiger partial charge in [-0.3, -0.25) is 0 Å². The highest BCUT2D eigenvalue weighted by atomic mass is 35.5. The van der Waals surface area contributed by atoms with Gasteiger partial charge in [0.2, 0.25) is 0 Å². The number of hydrogen-bond acceptors (Lipinski definition) is 3. The van der Waals surface area contributed by atoms with Crippen molar-refractivity contribution in [2.24, 2.45) is 0 Å². The van der Waals surface area contributed by atoms with Gasteiger partial charge in [-0.2, -0.15) is 0 Å². The summed E-state index contributed by atoms with van der Waals surface area (Å²) in [5.41, 5.74) is 3.28. The van der Waals surface area contributed by atoms with Crippen LogP contribution < -0.4 is 9.47 Å². The molecule has 1 N–H and O–H groups in total. The third-order valence-corrected chi connectivity index (χ3v) is 5.21. The number of aryl methyl sites for hydroxylation is 2. The molecule has 0 radical (unpaired) electrons. The van der Waals surface area contributed by atoms with Crippen LogP contribution in [0, 0.1) is 0 Å². The first-order chi connectivity index (χ1) is 14.5. The Hall–Kier alpha value is -2.69. The van der Waals surface area contributed by atoms with Gasteiger partial charge in [0.25, 0.3) is 0 Å². The van der Waals surface area contributed by atoms with Gasteiger partial charge in [0.1, 0.15) is 18.1 Å². The van der Waals surface area contributed by atoms with Crippen LogP contribution in [0.3, 0.4) is 0 Å². The number of methoxy groups -OCH3 is 1. The molecule has 3 aromatic rings. The Labute approximate surface area is 186 Å². The topological polar surface area (TPSA) is 55.8 Å². The molecule has 30 heavy (non-hydrogen) atoms. The SMILES string of the molecule is COc1cccc(COc2c(Cl)cc(Cl)cc2CCCc2ccc(C(=O)O)cc2)c1. The van der Waals surface area contributed by atoms with Crippen LogP contribution in [0.25, 0.3) is 0 Å². The fraction of sp³-hybridized carbons (Fsp3) is 0.208. The number of carboxylic acids is 1. The highest BCUT2D eigenvalue weighted by molar-refractivity contribution is 6.35. The molecule has 0 saturated heterocycles. The van der Waals surface area contributed by atoms with Crippen molar-refractivity contribution >= 4 is 29.2 Å². The fourth-order valence-electron chi connectivity index (χ4n) is 3.18. The van der Waals surface area contributed by atoms with E-state index in [4.69, 9.17) is 37.8 Å². The monoisotopic (exact) mass is 444 g/mol. The van der Waals surface area contributed by atoms with E-state index in [-0.39, 0.29) is 5.56 Å². The smallest absolute Gasteiger partial charge is 0.335 e. The number of carboxylic acid groups (broad SMARTS) is 1. The maximum Gasteiger partial charge on any atom is 0.335 e. The minimum Gasteiger partial charge on any atom is -0.497 e. The molecule has 0 aliphatic rings. The van der Waals surface area contributed by atoms with Gasteiger partial charge in [-0.1, -0.05) is 47.5 Å². The predicted octanol–water partition coefficient (Wildman–Crippen LogP) is 6.45. The van der Waals surface area contributed by atoms with Gasteiger partial charge >= 0.3 is 5.97 Å². The summed E-state index contributed by atoms with van der Waals surface area (Å²) in [5.74, 6) is 0.477. The average molecular weight is 445 g/mol. The largest absolute Gasteiger partial charge is 0.497 e. The lowest BCUT2D eigenvalue weighted by molar-refractivity contribution is 0.0697. The summed E-state index contributed by atoms with van der Waals surface area (Å²) in [6, 6.07) is 18.2. The molecule has 4 nitrogen and oxygen atoms in total. The molecule has 0 fully saturated rings. The van der Waals surface area contributed by atoms with Crippen molar-refractivity contribution in [3.63, 3.8) is 0 Å². The Balaban J connectivity index is 1.67. The molecule has 156 valence electrons. The highest BCUT2D eigenvalue weighted by Gasteiger charge is 2.12. The van der Waals surface area contributed by atoms with Crippen molar-refractivity contribution in [3.8, 4) is 11.5 Å². The second-order valence-electron chi connectivity index (χ2n) is 6.87. The van der Waals surface area contributed by atoms with Crippen molar-refractivity contribution in [1.29, 1.82) is 0 Å². The van der Waals surface area contributed by atoms with Gasteiger partial charge < -0.3 is 14.6 Å². The Kier molecular flexibility index (Phi) is 7.61. The number of hydrogen-bond donors (Lipinski definition) is 1. The van der Waals surface area contributed by atoms with Crippen molar-refractivity contribution < 1.29 is 19.4 Å². The molecule has 0 saturated carbocycles. The maximum atomic E-state index is 11.0. The minimum atomic E-state index is -0.923. The molecule has 0 heterocycles. The summed E-state index contributed by atoms with van der Waals surface area (Å²) >= 11 is 12.6. The molecule has 0 aliphatic carbocycles. The number of carbonyl (C=O) groups is 1. The number of benzene rings is 3. The summed E-state index contributed by atoms with van der Waals surface area (Å²) < 4.78 is 11.3. The van der Waals surface area contributed by atoms with Crippen LogP contribution >= 0.6 is 23.2 Å². The third-order valence-electron chi connectivity index (χ3n) is 4.72. The quantitative estimate of drug-likeness (QED) is 0.411. The van der Waals surface area contributed by atoms with Gasteiger partial charge in [-0.15, -0.1) is 0 Å². The molecule has 0 aromatic heterocycles. The van der Waals surface area contributed by atoms with E-state index < -0.39 is 5.97 Å². The second kappa shape index (κ2) is 10.4. The van der Waals surface area contributed by atoms with Crippen molar-refractivity contribution in [1.82, 2.24) is 0 Å². The number of rotatable bonds is 9. The molecule has 6 heteroatoms. The van der Waals surface area contributed by atoms with Gasteiger partial charge in [-0.05, 0) is 72.4 Å². The van der Waals surface area contributed by atoms with E-state index in [9.17, 15) is 4.79 Å². The lowest BCUT2D eigenvalue weighted by Gasteiger charge is -2.14. The maximum absolute atomic E-state index is 11.0. The van der Waals surface area contributed by atoms with E-state index in [1.165, 1.54) is 0 Å². The first kappa shape index (κ1) is 22.0. The third kappa shape index (κ3) is 5.91. The van der Waals surface area contributed by atoms with Crippen LogP contribution in [0.1, 0.15) is 33.5 Å². The van der Waals surface area contributed by atoms with Gasteiger partial charge in [-0.25, -0.2) is 4.79 Å². The first-order valence-corrected chi connectivity index (χ1v) is 10.3. The molecule has 0 spiro atoms. The van der Waals surface area contributed by atoms with E-state index >= 15 is 0 Å². The molecular formula is C24H22Cl2O4. The first-order valence-electron chi connectivity index (χ1n) is 9.52. The lowest BCUT2D eigenvalue weighted by Crippen LogP contribution is -2.01. The molecular weight excluding hydrogens is 423 g/mol. The van der Waals surface area contributed by atoms with Crippen LogP contribution in [-0.2, 0) is 19.4 Å². The summed E-state index contributed by atoms with van der Waals surface area (Å²) in [6.07, 6.45) is 2.38. The molecule has 0 unspecified atom stereocenters. The van der Waals surface area contributed by atoms with Gasteiger partial charge in [0.15, 0.2) is 0 Å². The van der Waals surface area contributed by atoms with E-state index in [2.05, 4.69) is 0 Å². The molecule has 0 atom stereocenters. The number of halogens is 2. The number of ether oxygens (including phenoxy) is 2. The standard InChI is InChI=1S/C24H22Cl2O4/c1-29-21-7-3-5-17(12-21)15-30-23-19(13-20(25)14-22(23)26)6-2-4-16-8-10-18(11-9-16)24(27)28/h3,5,7-14H,2,4,6,15H2,1H3,(H,27,28). The van der Waals surface area contributed by atoms with Gasteiger partial charge in [0.05, 0.1) is 17.7 Å². The number of aromatic carboxylic acids is 1. The lowest BCUT2D eigenvalue weighted by atomic mass is 10.0. The molecule has 0 bridgehead atoms. The zero-order chi connectivity index (χ0) is 21.5. The Morgan fingerprint density at radius 3 is 2.43 bits per heavy atom. The van der Waals surface area contributed by atoms with Crippen molar-refractivity contribution in [2.45, 2.75) is 25.9 Å². The molecule has 0 amide bonds. The summed E-state index contributed by atoms with van der Waals surface area (Å²) in [4.78, 5) is 11.0. The van der Waals surface area contributed by atoms with Crippen molar-refractivity contribution in [3.05, 3.63) is 93.0 Å². The molecule has 3 aromatic carbocycles. The van der Waals surface area contributed by atoms with Crippen LogP contribution in [0.5, 0.6) is 11.5 Å². The fourth-order valence-corrected chi connectivity index (χ4v) is 3.77. The summed E-state index contributed by atoms with van der Waals surface area (Å²) in [7, 11) is 1.63. The van der Waals surface area contributed by atoms with Crippen molar-refractivity contribution in [2.75, 3.05) is 7.11 Å². The Morgan fingerprint density at radius 1 is 0.967 bits per heavy atom. The minimum absolute atomic E-state index is 0.286. The van der Waals surface area contributed by atoms with E-state index in [1.807, 2.05) is 42.5 Å². The normalized spacial score (nSPS) is 10.6. The van der Waals surface area contributed by atoms with Crippen LogP contribution in [0.15, 0.2) is 60.7 Å². The van der Waals surface area contributed by atoms with E-state index in [1.54, 1.807) is 25.3 Å². The summed E-state index contributed by atoms with van der Waals surface area (Å²) in [5, 5.41) is 10.0. The van der Waals surface area contributed by atoms with Crippen LogP contribution in [0.2, 0.25) is 10.0 Å². The highest BCUT2D eigenvalue weighted by Crippen LogP contribution is 2.34. The van der Waals surface area contributed by atoms with Crippen LogP contribution in [0.4, 0.5) is 0 Å². The summed E-state index contributed by atoms with van der Waals surface area (Å²) in [6.45, 7) is 0.363.